The summed E-state index contributed by atoms with van der Waals surface area (Å²) in [5.74, 6) is 0.717. The van der Waals surface area contributed by atoms with Gasteiger partial charge >= 0.3 is 0 Å². The van der Waals surface area contributed by atoms with Gasteiger partial charge in [-0.2, -0.15) is 0 Å². The van der Waals surface area contributed by atoms with Gasteiger partial charge in [0.1, 0.15) is 0 Å². The van der Waals surface area contributed by atoms with E-state index in [4.69, 9.17) is 23.2 Å². The molecule has 130 valence electrons. The van der Waals surface area contributed by atoms with Gasteiger partial charge in [-0.3, -0.25) is 4.79 Å². The number of likely N-dealkylation sites (tertiary alicyclic amines) is 1. The normalized spacial score (nSPS) is 15.7. The second-order valence-electron chi connectivity index (χ2n) is 6.47. The molecule has 0 spiro atoms. The summed E-state index contributed by atoms with van der Waals surface area (Å²) >= 11 is 11.9. The fraction of sp³-hybridized carbons (Fsp3) is 0.286. The SMILES string of the molecule is O=C(C=Cc1ccc(Cl)c(Cl)c1)N1CCC(Cc2ccccc2)CC1. The van der Waals surface area contributed by atoms with Crippen molar-refractivity contribution < 1.29 is 4.79 Å². The quantitative estimate of drug-likeness (QED) is 0.649. The fourth-order valence-electron chi connectivity index (χ4n) is 3.19. The molecule has 2 nitrogen and oxygen atoms in total. The van der Waals surface area contributed by atoms with Crippen LogP contribution in [0.25, 0.3) is 6.08 Å². The van der Waals surface area contributed by atoms with Crippen molar-refractivity contribution in [3.63, 3.8) is 0 Å². The molecule has 1 heterocycles. The maximum atomic E-state index is 12.4. The minimum Gasteiger partial charge on any atom is -0.339 e. The molecule has 1 saturated heterocycles. The van der Waals surface area contributed by atoms with Gasteiger partial charge in [0.2, 0.25) is 5.91 Å². The molecule has 1 amide bonds. The molecule has 25 heavy (non-hydrogen) atoms. The van der Waals surface area contributed by atoms with E-state index in [9.17, 15) is 4.79 Å². The molecule has 0 atom stereocenters. The van der Waals surface area contributed by atoms with Crippen LogP contribution < -0.4 is 0 Å². The lowest BCUT2D eigenvalue weighted by atomic mass is 9.90. The van der Waals surface area contributed by atoms with Gasteiger partial charge in [-0.25, -0.2) is 0 Å². The van der Waals surface area contributed by atoms with E-state index < -0.39 is 0 Å². The fourth-order valence-corrected chi connectivity index (χ4v) is 3.50. The van der Waals surface area contributed by atoms with Crippen LogP contribution in [0, 0.1) is 5.92 Å². The molecule has 1 aliphatic rings. The zero-order valence-corrected chi connectivity index (χ0v) is 15.5. The zero-order valence-electron chi connectivity index (χ0n) is 14.0. The Kier molecular flexibility index (Phi) is 6.17. The standard InChI is InChI=1S/C21H21Cl2NO/c22-19-8-6-17(15-20(19)23)7-9-21(25)24-12-10-18(11-13-24)14-16-4-2-1-3-5-16/h1-9,15,18H,10-14H2. The molecular formula is C21H21Cl2NO. The van der Waals surface area contributed by atoms with Crippen molar-refractivity contribution >= 4 is 35.2 Å². The molecule has 0 N–H and O–H groups in total. The summed E-state index contributed by atoms with van der Waals surface area (Å²) in [4.78, 5) is 14.3. The Morgan fingerprint density at radius 1 is 1.04 bits per heavy atom. The molecule has 2 aromatic rings. The Bertz CT molecular complexity index is 750. The monoisotopic (exact) mass is 373 g/mol. The highest BCUT2D eigenvalue weighted by molar-refractivity contribution is 6.42. The van der Waals surface area contributed by atoms with Crippen molar-refractivity contribution in [2.75, 3.05) is 13.1 Å². The van der Waals surface area contributed by atoms with Crippen LogP contribution in [0.4, 0.5) is 0 Å². The predicted octanol–water partition coefficient (Wildman–Crippen LogP) is 5.49. The Hall–Kier alpha value is -1.77. The van der Waals surface area contributed by atoms with Gasteiger partial charge in [0.05, 0.1) is 10.0 Å². The summed E-state index contributed by atoms with van der Waals surface area (Å²) < 4.78 is 0. The summed E-state index contributed by atoms with van der Waals surface area (Å²) in [5, 5.41) is 1.02. The van der Waals surface area contributed by atoms with Crippen molar-refractivity contribution in [3.05, 3.63) is 75.8 Å². The first-order valence-electron chi connectivity index (χ1n) is 8.58. The maximum absolute atomic E-state index is 12.4. The zero-order chi connectivity index (χ0) is 17.6. The number of piperidine rings is 1. The lowest BCUT2D eigenvalue weighted by Gasteiger charge is -2.31. The van der Waals surface area contributed by atoms with E-state index in [1.165, 1.54) is 5.56 Å². The number of hydrogen-bond donors (Lipinski definition) is 0. The highest BCUT2D eigenvalue weighted by Crippen LogP contribution is 2.24. The van der Waals surface area contributed by atoms with E-state index in [0.29, 0.717) is 16.0 Å². The van der Waals surface area contributed by atoms with Crippen LogP contribution in [0.15, 0.2) is 54.6 Å². The summed E-state index contributed by atoms with van der Waals surface area (Å²) in [5.41, 5.74) is 2.26. The van der Waals surface area contributed by atoms with E-state index in [2.05, 4.69) is 24.3 Å². The van der Waals surface area contributed by atoms with Gasteiger partial charge in [-0.1, -0.05) is 59.6 Å². The number of hydrogen-bond acceptors (Lipinski definition) is 1. The lowest BCUT2D eigenvalue weighted by molar-refractivity contribution is -0.127. The van der Waals surface area contributed by atoms with Gasteiger partial charge < -0.3 is 4.90 Å². The van der Waals surface area contributed by atoms with Crippen LogP contribution in [0.2, 0.25) is 10.0 Å². The van der Waals surface area contributed by atoms with Crippen molar-refractivity contribution in [1.29, 1.82) is 0 Å². The number of carbonyl (C=O) groups is 1. The topological polar surface area (TPSA) is 20.3 Å². The minimum atomic E-state index is 0.0595. The third-order valence-corrected chi connectivity index (χ3v) is 5.39. The van der Waals surface area contributed by atoms with E-state index >= 15 is 0 Å². The minimum absolute atomic E-state index is 0.0595. The van der Waals surface area contributed by atoms with Crippen molar-refractivity contribution in [3.8, 4) is 0 Å². The second-order valence-corrected chi connectivity index (χ2v) is 7.28. The van der Waals surface area contributed by atoms with Crippen LogP contribution in [0.1, 0.15) is 24.0 Å². The number of amides is 1. The Morgan fingerprint density at radius 2 is 1.76 bits per heavy atom. The van der Waals surface area contributed by atoms with Crippen LogP contribution in [0.5, 0.6) is 0 Å². The molecular weight excluding hydrogens is 353 g/mol. The van der Waals surface area contributed by atoms with Crippen LogP contribution in [-0.4, -0.2) is 23.9 Å². The molecule has 0 aliphatic carbocycles. The smallest absolute Gasteiger partial charge is 0.246 e. The Labute approximate surface area is 159 Å². The van der Waals surface area contributed by atoms with Gasteiger partial charge in [0.25, 0.3) is 0 Å². The van der Waals surface area contributed by atoms with Gasteiger partial charge in [0, 0.05) is 19.2 Å². The third-order valence-electron chi connectivity index (χ3n) is 4.66. The molecule has 3 rings (SSSR count). The molecule has 2 aromatic carbocycles. The third kappa shape index (κ3) is 5.10. The molecule has 1 fully saturated rings. The summed E-state index contributed by atoms with van der Waals surface area (Å²) in [6, 6.07) is 15.9. The Balaban J connectivity index is 1.51. The van der Waals surface area contributed by atoms with Crippen LogP contribution in [0.3, 0.4) is 0 Å². The van der Waals surface area contributed by atoms with Crippen molar-refractivity contribution in [2.24, 2.45) is 5.92 Å². The number of halogens is 2. The molecule has 0 aromatic heterocycles. The highest BCUT2D eigenvalue weighted by Gasteiger charge is 2.21. The molecule has 0 radical (unpaired) electrons. The van der Waals surface area contributed by atoms with E-state index in [1.807, 2.05) is 17.0 Å². The van der Waals surface area contributed by atoms with Gasteiger partial charge in [-0.15, -0.1) is 0 Å². The first kappa shape index (κ1) is 18.0. The number of nitrogens with zero attached hydrogens (tertiary/aromatic N) is 1. The summed E-state index contributed by atoms with van der Waals surface area (Å²) in [6.07, 6.45) is 6.63. The van der Waals surface area contributed by atoms with E-state index in [-0.39, 0.29) is 5.91 Å². The Morgan fingerprint density at radius 3 is 2.44 bits per heavy atom. The highest BCUT2D eigenvalue weighted by atomic mass is 35.5. The first-order chi connectivity index (χ1) is 12.1. The number of carbonyl (C=O) groups excluding carboxylic acids is 1. The number of benzene rings is 2. The average Bonchev–Trinajstić information content (AvgIpc) is 2.64. The van der Waals surface area contributed by atoms with E-state index in [0.717, 1.165) is 37.9 Å². The maximum Gasteiger partial charge on any atom is 0.246 e. The largest absolute Gasteiger partial charge is 0.339 e. The van der Waals surface area contributed by atoms with E-state index in [1.54, 1.807) is 24.3 Å². The summed E-state index contributed by atoms with van der Waals surface area (Å²) in [7, 11) is 0. The lowest BCUT2D eigenvalue weighted by Crippen LogP contribution is -2.37. The first-order valence-corrected chi connectivity index (χ1v) is 9.33. The average molecular weight is 374 g/mol. The summed E-state index contributed by atoms with van der Waals surface area (Å²) in [6.45, 7) is 1.64. The van der Waals surface area contributed by atoms with Gasteiger partial charge in [-0.05, 0) is 54.5 Å². The van der Waals surface area contributed by atoms with Crippen molar-refractivity contribution in [2.45, 2.75) is 19.3 Å². The molecule has 0 saturated carbocycles. The van der Waals surface area contributed by atoms with Gasteiger partial charge in [0.15, 0.2) is 0 Å². The predicted molar refractivity (Wildman–Crippen MR) is 105 cm³/mol. The molecule has 0 bridgehead atoms. The van der Waals surface area contributed by atoms with Crippen LogP contribution >= 0.6 is 23.2 Å². The molecule has 0 unspecified atom stereocenters. The number of rotatable bonds is 4. The molecule has 4 heteroatoms. The molecule has 1 aliphatic heterocycles. The second kappa shape index (κ2) is 8.55. The van der Waals surface area contributed by atoms with Crippen molar-refractivity contribution in [1.82, 2.24) is 4.90 Å². The van der Waals surface area contributed by atoms with Crippen LogP contribution in [-0.2, 0) is 11.2 Å².